The molecule has 1 aromatic carbocycles. The molecular formula is C19H26BrNO4S. The van der Waals surface area contributed by atoms with Crippen LogP contribution in [-0.4, -0.2) is 25.5 Å². The monoisotopic (exact) mass is 443 g/mol. The van der Waals surface area contributed by atoms with Crippen LogP contribution in [0.1, 0.15) is 51.4 Å². The number of carboxylic acids is 1. The molecule has 2 unspecified atom stereocenters. The number of nitrogens with one attached hydrogen (secondary N) is 1. The van der Waals surface area contributed by atoms with E-state index in [4.69, 9.17) is 5.11 Å². The minimum absolute atomic E-state index is 0.0546. The van der Waals surface area contributed by atoms with E-state index in [-0.39, 0.29) is 23.3 Å². The Morgan fingerprint density at radius 1 is 1.19 bits per heavy atom. The number of carbonyl (C=O) groups is 1. The maximum Gasteiger partial charge on any atom is 0.303 e. The summed E-state index contributed by atoms with van der Waals surface area (Å²) >= 11 is 3.32. The average molecular weight is 444 g/mol. The fourth-order valence-electron chi connectivity index (χ4n) is 3.29. The first-order valence-electron chi connectivity index (χ1n) is 9.03. The summed E-state index contributed by atoms with van der Waals surface area (Å²) < 4.78 is 29.0. The van der Waals surface area contributed by atoms with Crippen LogP contribution in [0.2, 0.25) is 0 Å². The van der Waals surface area contributed by atoms with E-state index in [1.54, 1.807) is 24.3 Å². The van der Waals surface area contributed by atoms with Crippen molar-refractivity contribution in [1.29, 1.82) is 0 Å². The van der Waals surface area contributed by atoms with Crippen LogP contribution in [0.5, 0.6) is 0 Å². The number of unbranched alkanes of at least 4 members (excludes halogenated alkanes) is 1. The summed E-state index contributed by atoms with van der Waals surface area (Å²) in [6.07, 6.45) is 10.5. The number of rotatable bonds is 9. The molecule has 0 bridgehead atoms. The fraction of sp³-hybridized carbons (Fsp3) is 0.526. The second-order valence-electron chi connectivity index (χ2n) is 6.72. The molecule has 1 fully saturated rings. The second-order valence-corrected chi connectivity index (χ2v) is 9.35. The second kappa shape index (κ2) is 10.2. The molecule has 0 radical (unpaired) electrons. The van der Waals surface area contributed by atoms with Gasteiger partial charge < -0.3 is 5.11 Å². The summed E-state index contributed by atoms with van der Waals surface area (Å²) in [5.41, 5.74) is 0. The maximum atomic E-state index is 12.6. The number of halogens is 1. The lowest BCUT2D eigenvalue weighted by Crippen LogP contribution is -2.41. The van der Waals surface area contributed by atoms with Crippen molar-refractivity contribution >= 4 is 31.9 Å². The molecule has 2 rings (SSSR count). The van der Waals surface area contributed by atoms with Gasteiger partial charge >= 0.3 is 5.97 Å². The first-order valence-corrected chi connectivity index (χ1v) is 11.3. The van der Waals surface area contributed by atoms with E-state index in [1.807, 2.05) is 6.08 Å². The van der Waals surface area contributed by atoms with Crippen molar-refractivity contribution in [3.63, 3.8) is 0 Å². The highest BCUT2D eigenvalue weighted by Gasteiger charge is 2.28. The average Bonchev–Trinajstić information content (AvgIpc) is 2.59. The topological polar surface area (TPSA) is 83.5 Å². The summed E-state index contributed by atoms with van der Waals surface area (Å²) in [4.78, 5) is 10.8. The molecule has 0 heterocycles. The molecule has 5 nitrogen and oxygen atoms in total. The number of allylic oxidation sites excluding steroid dienone is 2. The van der Waals surface area contributed by atoms with Crippen LogP contribution < -0.4 is 4.72 Å². The zero-order valence-corrected chi connectivity index (χ0v) is 17.1. The Kier molecular flexibility index (Phi) is 8.31. The Labute approximate surface area is 164 Å². The quantitative estimate of drug-likeness (QED) is 0.434. The van der Waals surface area contributed by atoms with Gasteiger partial charge in [0.05, 0.1) is 4.90 Å². The summed E-state index contributed by atoms with van der Waals surface area (Å²) in [6.45, 7) is 0. The molecule has 0 spiro atoms. The minimum Gasteiger partial charge on any atom is -0.481 e. The molecule has 1 aromatic rings. The molecule has 144 valence electrons. The fourth-order valence-corrected chi connectivity index (χ4v) is 4.89. The molecule has 2 N–H and O–H groups in total. The van der Waals surface area contributed by atoms with Crippen LogP contribution in [0, 0.1) is 5.92 Å². The van der Waals surface area contributed by atoms with Gasteiger partial charge in [-0.15, -0.1) is 0 Å². The molecule has 0 aliphatic heterocycles. The van der Waals surface area contributed by atoms with Gasteiger partial charge in [-0.25, -0.2) is 13.1 Å². The number of benzene rings is 1. The van der Waals surface area contributed by atoms with Crippen molar-refractivity contribution < 1.29 is 18.3 Å². The van der Waals surface area contributed by atoms with E-state index >= 15 is 0 Å². The van der Waals surface area contributed by atoms with E-state index in [9.17, 15) is 13.2 Å². The van der Waals surface area contributed by atoms with Crippen LogP contribution in [-0.2, 0) is 14.8 Å². The number of carboxylic acid groups (broad SMARTS) is 1. The third-order valence-corrected chi connectivity index (χ3v) is 6.74. The third kappa shape index (κ3) is 6.85. The van der Waals surface area contributed by atoms with Crippen molar-refractivity contribution in [2.24, 2.45) is 5.92 Å². The molecule has 1 saturated carbocycles. The van der Waals surface area contributed by atoms with E-state index in [0.717, 1.165) is 43.0 Å². The Balaban J connectivity index is 1.92. The van der Waals surface area contributed by atoms with Crippen LogP contribution in [0.15, 0.2) is 45.8 Å². The molecular weight excluding hydrogens is 418 g/mol. The van der Waals surface area contributed by atoms with Crippen molar-refractivity contribution in [2.75, 3.05) is 0 Å². The zero-order valence-electron chi connectivity index (χ0n) is 14.7. The van der Waals surface area contributed by atoms with Gasteiger partial charge in [-0.05, 0) is 62.3 Å². The first kappa shape index (κ1) is 21.1. The molecule has 0 aromatic heterocycles. The van der Waals surface area contributed by atoms with Gasteiger partial charge in [0.1, 0.15) is 0 Å². The lowest BCUT2D eigenvalue weighted by atomic mass is 9.83. The SMILES string of the molecule is O=C(O)CCC/C=C\CC1CCCCC1NS(=O)(=O)c1ccc(Br)cc1. The molecule has 0 amide bonds. The number of aliphatic carboxylic acids is 1. The first-order chi connectivity index (χ1) is 12.4. The molecule has 1 aliphatic carbocycles. The predicted octanol–water partition coefficient (Wildman–Crippen LogP) is 4.49. The molecule has 7 heteroatoms. The van der Waals surface area contributed by atoms with Crippen LogP contribution in [0.4, 0.5) is 0 Å². The van der Waals surface area contributed by atoms with Gasteiger partial charge in [0.2, 0.25) is 10.0 Å². The van der Waals surface area contributed by atoms with Crippen LogP contribution >= 0.6 is 15.9 Å². The summed E-state index contributed by atoms with van der Waals surface area (Å²) in [7, 11) is -3.52. The summed E-state index contributed by atoms with van der Waals surface area (Å²) in [5.74, 6) is -0.488. The maximum absolute atomic E-state index is 12.6. The van der Waals surface area contributed by atoms with Gasteiger partial charge in [0, 0.05) is 16.9 Å². The number of hydrogen-bond acceptors (Lipinski definition) is 3. The summed E-state index contributed by atoms with van der Waals surface area (Å²) in [5, 5.41) is 8.63. The summed E-state index contributed by atoms with van der Waals surface area (Å²) in [6, 6.07) is 6.61. The predicted molar refractivity (Wildman–Crippen MR) is 105 cm³/mol. The highest BCUT2D eigenvalue weighted by Crippen LogP contribution is 2.29. The van der Waals surface area contributed by atoms with Crippen molar-refractivity contribution in [1.82, 2.24) is 4.72 Å². The van der Waals surface area contributed by atoms with Crippen molar-refractivity contribution in [3.8, 4) is 0 Å². The smallest absolute Gasteiger partial charge is 0.303 e. The van der Waals surface area contributed by atoms with Gasteiger partial charge in [-0.3, -0.25) is 4.79 Å². The number of hydrogen-bond donors (Lipinski definition) is 2. The van der Waals surface area contributed by atoms with Crippen molar-refractivity contribution in [2.45, 2.75) is 62.3 Å². The largest absolute Gasteiger partial charge is 0.481 e. The lowest BCUT2D eigenvalue weighted by molar-refractivity contribution is -0.137. The van der Waals surface area contributed by atoms with E-state index in [0.29, 0.717) is 6.42 Å². The van der Waals surface area contributed by atoms with Gasteiger partial charge in [0.25, 0.3) is 0 Å². The highest BCUT2D eigenvalue weighted by molar-refractivity contribution is 9.10. The number of sulfonamides is 1. The van der Waals surface area contributed by atoms with E-state index in [1.165, 1.54) is 0 Å². The Morgan fingerprint density at radius 3 is 2.58 bits per heavy atom. The van der Waals surface area contributed by atoms with E-state index in [2.05, 4.69) is 26.7 Å². The molecule has 2 atom stereocenters. The van der Waals surface area contributed by atoms with E-state index < -0.39 is 16.0 Å². The van der Waals surface area contributed by atoms with Crippen molar-refractivity contribution in [3.05, 3.63) is 40.9 Å². The Morgan fingerprint density at radius 2 is 1.88 bits per heavy atom. The molecule has 26 heavy (non-hydrogen) atoms. The standard InChI is InChI=1S/C19H26BrNO4S/c20-16-11-13-17(14-12-16)26(24,25)21-18-9-6-5-8-15(18)7-3-1-2-4-10-19(22)23/h1,3,11-15,18,21H,2,4-10H2,(H,22,23)/b3-1-. The van der Waals surface area contributed by atoms with Gasteiger partial charge in [-0.1, -0.05) is 40.9 Å². The molecule has 0 saturated heterocycles. The lowest BCUT2D eigenvalue weighted by Gasteiger charge is -2.31. The minimum atomic E-state index is -3.52. The Hall–Kier alpha value is -1.18. The van der Waals surface area contributed by atoms with Gasteiger partial charge in [-0.2, -0.15) is 0 Å². The normalized spacial score (nSPS) is 21.1. The van der Waals surface area contributed by atoms with Crippen LogP contribution in [0.3, 0.4) is 0 Å². The third-order valence-electron chi connectivity index (χ3n) is 4.71. The highest BCUT2D eigenvalue weighted by atomic mass is 79.9. The Bertz CT molecular complexity index is 716. The van der Waals surface area contributed by atoms with Gasteiger partial charge in [0.15, 0.2) is 0 Å². The zero-order chi connectivity index (χ0) is 19.0. The molecule has 1 aliphatic rings. The van der Waals surface area contributed by atoms with Crippen LogP contribution in [0.25, 0.3) is 0 Å².